The minimum Gasteiger partial charge on any atom is -0.494 e. The van der Waals surface area contributed by atoms with Crippen molar-refractivity contribution in [3.05, 3.63) is 29.6 Å². The summed E-state index contributed by atoms with van der Waals surface area (Å²) in [7, 11) is 3.35. The van der Waals surface area contributed by atoms with E-state index in [0.29, 0.717) is 11.6 Å². The molecule has 2 N–H and O–H groups in total. The standard InChI is InChI=1S/C15H21FN2O2/c1-17-11-4-6-12(7-5-11)18-15(19)10-3-8-13(16)14(9-10)20-2/h3,8-9,11-12,17H,4-7H2,1-2H3,(H,18,19). The topological polar surface area (TPSA) is 50.4 Å². The lowest BCUT2D eigenvalue weighted by Gasteiger charge is -2.28. The predicted molar refractivity (Wildman–Crippen MR) is 75.5 cm³/mol. The minimum absolute atomic E-state index is 0.0940. The number of halogens is 1. The molecule has 0 saturated heterocycles. The van der Waals surface area contributed by atoms with Crippen LogP contribution in [-0.2, 0) is 0 Å². The van der Waals surface area contributed by atoms with Crippen LogP contribution in [-0.4, -0.2) is 32.1 Å². The highest BCUT2D eigenvalue weighted by atomic mass is 19.1. The molecule has 20 heavy (non-hydrogen) atoms. The van der Waals surface area contributed by atoms with E-state index in [0.717, 1.165) is 25.7 Å². The number of hydrogen-bond acceptors (Lipinski definition) is 3. The third-order valence-corrected chi connectivity index (χ3v) is 3.88. The first-order valence-electron chi connectivity index (χ1n) is 6.95. The quantitative estimate of drug-likeness (QED) is 0.888. The second-order valence-corrected chi connectivity index (χ2v) is 5.16. The third kappa shape index (κ3) is 3.48. The van der Waals surface area contributed by atoms with Crippen LogP contribution in [0.1, 0.15) is 36.0 Å². The average Bonchev–Trinajstić information content (AvgIpc) is 2.48. The molecule has 0 aliphatic heterocycles. The van der Waals surface area contributed by atoms with E-state index in [1.165, 1.54) is 25.3 Å². The molecule has 0 spiro atoms. The zero-order valence-electron chi connectivity index (χ0n) is 11.9. The lowest BCUT2D eigenvalue weighted by atomic mass is 9.91. The van der Waals surface area contributed by atoms with E-state index >= 15 is 0 Å². The Bertz CT molecular complexity index is 471. The summed E-state index contributed by atoms with van der Waals surface area (Å²) in [6.07, 6.45) is 4.06. The highest BCUT2D eigenvalue weighted by Crippen LogP contribution is 2.21. The Labute approximate surface area is 118 Å². The molecule has 1 aliphatic carbocycles. The van der Waals surface area contributed by atoms with E-state index < -0.39 is 5.82 Å². The van der Waals surface area contributed by atoms with Crippen LogP contribution in [0.2, 0.25) is 0 Å². The minimum atomic E-state index is -0.460. The molecule has 1 aliphatic rings. The molecule has 0 radical (unpaired) electrons. The molecule has 0 atom stereocenters. The number of carbonyl (C=O) groups is 1. The van der Waals surface area contributed by atoms with Crippen LogP contribution in [0.4, 0.5) is 4.39 Å². The summed E-state index contributed by atoms with van der Waals surface area (Å²) in [4.78, 5) is 12.1. The first-order chi connectivity index (χ1) is 9.63. The van der Waals surface area contributed by atoms with Crippen molar-refractivity contribution in [1.29, 1.82) is 0 Å². The van der Waals surface area contributed by atoms with Crippen molar-refractivity contribution < 1.29 is 13.9 Å². The summed E-state index contributed by atoms with van der Waals surface area (Å²) in [6, 6.07) is 4.92. The number of carbonyl (C=O) groups excluding carboxylic acids is 1. The second kappa shape index (κ2) is 6.70. The molecule has 0 aromatic heterocycles. The Morgan fingerprint density at radius 3 is 2.50 bits per heavy atom. The van der Waals surface area contributed by atoms with Gasteiger partial charge in [-0.3, -0.25) is 4.79 Å². The van der Waals surface area contributed by atoms with Crippen LogP contribution in [0.15, 0.2) is 18.2 Å². The fourth-order valence-corrected chi connectivity index (χ4v) is 2.60. The fourth-order valence-electron chi connectivity index (χ4n) is 2.60. The van der Waals surface area contributed by atoms with Gasteiger partial charge in [0.25, 0.3) is 5.91 Å². The maximum Gasteiger partial charge on any atom is 0.251 e. The maximum absolute atomic E-state index is 13.3. The van der Waals surface area contributed by atoms with E-state index in [1.807, 2.05) is 7.05 Å². The van der Waals surface area contributed by atoms with Crippen molar-refractivity contribution in [2.45, 2.75) is 37.8 Å². The van der Waals surface area contributed by atoms with Gasteiger partial charge in [0.05, 0.1) is 7.11 Å². The van der Waals surface area contributed by atoms with Crippen molar-refractivity contribution in [3.63, 3.8) is 0 Å². The average molecular weight is 280 g/mol. The van der Waals surface area contributed by atoms with Crippen LogP contribution >= 0.6 is 0 Å². The molecule has 1 aromatic carbocycles. The Morgan fingerprint density at radius 1 is 1.25 bits per heavy atom. The monoisotopic (exact) mass is 280 g/mol. The van der Waals surface area contributed by atoms with Crippen molar-refractivity contribution in [1.82, 2.24) is 10.6 Å². The van der Waals surface area contributed by atoms with Crippen molar-refractivity contribution >= 4 is 5.91 Å². The van der Waals surface area contributed by atoms with Gasteiger partial charge in [-0.1, -0.05) is 0 Å². The summed E-state index contributed by atoms with van der Waals surface area (Å²) in [6.45, 7) is 0. The molecule has 1 aromatic rings. The van der Waals surface area contributed by atoms with E-state index in [1.54, 1.807) is 0 Å². The molecule has 1 fully saturated rings. The van der Waals surface area contributed by atoms with Gasteiger partial charge < -0.3 is 15.4 Å². The van der Waals surface area contributed by atoms with E-state index in [-0.39, 0.29) is 17.7 Å². The molecule has 2 rings (SSSR count). The Kier molecular flexibility index (Phi) is 4.95. The van der Waals surface area contributed by atoms with E-state index in [4.69, 9.17) is 4.74 Å². The van der Waals surface area contributed by atoms with Gasteiger partial charge >= 0.3 is 0 Å². The number of rotatable bonds is 4. The second-order valence-electron chi connectivity index (χ2n) is 5.16. The van der Waals surface area contributed by atoms with Gasteiger partial charge in [0.2, 0.25) is 0 Å². The highest BCUT2D eigenvalue weighted by Gasteiger charge is 2.22. The first kappa shape index (κ1) is 14.8. The van der Waals surface area contributed by atoms with Gasteiger partial charge in [-0.05, 0) is 50.9 Å². The number of ether oxygens (including phenoxy) is 1. The number of nitrogens with one attached hydrogen (secondary N) is 2. The number of methoxy groups -OCH3 is 1. The van der Waals surface area contributed by atoms with Gasteiger partial charge in [-0.2, -0.15) is 0 Å². The summed E-state index contributed by atoms with van der Waals surface area (Å²) in [5.41, 5.74) is 0.430. The molecule has 0 bridgehead atoms. The first-order valence-corrected chi connectivity index (χ1v) is 6.95. The molecule has 5 heteroatoms. The number of hydrogen-bond donors (Lipinski definition) is 2. The Morgan fingerprint density at radius 2 is 1.90 bits per heavy atom. The van der Waals surface area contributed by atoms with Crippen LogP contribution in [0.5, 0.6) is 5.75 Å². The zero-order chi connectivity index (χ0) is 14.5. The Balaban J connectivity index is 1.95. The molecular formula is C15H21FN2O2. The van der Waals surface area contributed by atoms with Crippen LogP contribution in [0, 0.1) is 5.82 Å². The molecule has 0 unspecified atom stereocenters. The summed E-state index contributed by atoms with van der Waals surface area (Å²) >= 11 is 0. The summed E-state index contributed by atoms with van der Waals surface area (Å²) in [5.74, 6) is -0.536. The SMILES string of the molecule is CNC1CCC(NC(=O)c2ccc(F)c(OC)c2)CC1. The van der Waals surface area contributed by atoms with Crippen molar-refractivity contribution in [2.24, 2.45) is 0 Å². The van der Waals surface area contributed by atoms with Gasteiger partial charge in [0.1, 0.15) is 0 Å². The molecular weight excluding hydrogens is 259 g/mol. The largest absolute Gasteiger partial charge is 0.494 e. The smallest absolute Gasteiger partial charge is 0.251 e. The molecule has 0 heterocycles. The highest BCUT2D eigenvalue weighted by molar-refractivity contribution is 5.94. The molecule has 1 saturated carbocycles. The van der Waals surface area contributed by atoms with Crippen LogP contribution < -0.4 is 15.4 Å². The van der Waals surface area contributed by atoms with Crippen LogP contribution in [0.25, 0.3) is 0 Å². The normalized spacial score (nSPS) is 22.4. The molecule has 110 valence electrons. The summed E-state index contributed by atoms with van der Waals surface area (Å²) < 4.78 is 18.2. The van der Waals surface area contributed by atoms with Gasteiger partial charge in [0, 0.05) is 17.6 Å². The van der Waals surface area contributed by atoms with Crippen molar-refractivity contribution in [3.8, 4) is 5.75 Å². The number of amides is 1. The maximum atomic E-state index is 13.3. The van der Waals surface area contributed by atoms with E-state index in [9.17, 15) is 9.18 Å². The lowest BCUT2D eigenvalue weighted by Crippen LogP contribution is -2.41. The molecule has 4 nitrogen and oxygen atoms in total. The van der Waals surface area contributed by atoms with Crippen molar-refractivity contribution in [2.75, 3.05) is 14.2 Å². The van der Waals surface area contributed by atoms with Gasteiger partial charge in [-0.25, -0.2) is 4.39 Å². The zero-order valence-corrected chi connectivity index (χ0v) is 11.9. The predicted octanol–water partition coefficient (Wildman–Crippen LogP) is 2.09. The van der Waals surface area contributed by atoms with Gasteiger partial charge in [0.15, 0.2) is 11.6 Å². The van der Waals surface area contributed by atoms with Gasteiger partial charge in [-0.15, -0.1) is 0 Å². The van der Waals surface area contributed by atoms with Crippen LogP contribution in [0.3, 0.4) is 0 Å². The van der Waals surface area contributed by atoms with E-state index in [2.05, 4.69) is 10.6 Å². The molecule has 1 amide bonds. The number of benzene rings is 1. The summed E-state index contributed by atoms with van der Waals surface area (Å²) in [5, 5.41) is 6.27. The third-order valence-electron chi connectivity index (χ3n) is 3.88. The fraction of sp³-hybridized carbons (Fsp3) is 0.533. The Hall–Kier alpha value is -1.62. The lowest BCUT2D eigenvalue weighted by molar-refractivity contribution is 0.0924.